The van der Waals surface area contributed by atoms with Gasteiger partial charge in [-0.3, -0.25) is 0 Å². The van der Waals surface area contributed by atoms with Crippen molar-refractivity contribution < 1.29 is 0 Å². The van der Waals surface area contributed by atoms with Gasteiger partial charge in [-0.1, -0.05) is 13.8 Å². The van der Waals surface area contributed by atoms with Crippen molar-refractivity contribution in [3.63, 3.8) is 0 Å². The summed E-state index contributed by atoms with van der Waals surface area (Å²) in [6.45, 7) is 16.3. The molecule has 0 aromatic heterocycles. The summed E-state index contributed by atoms with van der Waals surface area (Å²) in [5.41, 5.74) is 5.55. The van der Waals surface area contributed by atoms with Crippen LogP contribution in [0.5, 0.6) is 0 Å². The number of hydrogen-bond acceptors (Lipinski definition) is 4. The predicted octanol–water partition coefficient (Wildman–Crippen LogP) is 0.685. The van der Waals surface area contributed by atoms with Gasteiger partial charge in [-0.15, -0.1) is 0 Å². The highest BCUT2D eigenvalue weighted by Gasteiger charge is 2.15. The first-order valence-corrected chi connectivity index (χ1v) is 7.67. The molecule has 4 nitrogen and oxygen atoms in total. The van der Waals surface area contributed by atoms with Gasteiger partial charge in [-0.25, -0.2) is 0 Å². The van der Waals surface area contributed by atoms with E-state index < -0.39 is 0 Å². The Morgan fingerprint density at radius 3 is 1.83 bits per heavy atom. The Morgan fingerprint density at radius 2 is 1.39 bits per heavy atom. The van der Waals surface area contributed by atoms with E-state index in [4.69, 9.17) is 5.73 Å². The summed E-state index contributed by atoms with van der Waals surface area (Å²) in [6.07, 6.45) is 2.45. The molecule has 0 aromatic rings. The van der Waals surface area contributed by atoms with Crippen molar-refractivity contribution in [1.29, 1.82) is 0 Å². The van der Waals surface area contributed by atoms with Crippen molar-refractivity contribution >= 4 is 0 Å². The Morgan fingerprint density at radius 1 is 0.889 bits per heavy atom. The van der Waals surface area contributed by atoms with Gasteiger partial charge in [0.1, 0.15) is 0 Å². The molecule has 1 aliphatic rings. The van der Waals surface area contributed by atoms with Gasteiger partial charge in [-0.05, 0) is 52.1 Å². The van der Waals surface area contributed by atoms with E-state index in [1.807, 2.05) is 0 Å². The minimum Gasteiger partial charge on any atom is -0.330 e. The SMILES string of the molecule is CCN(CC)CCCN1CCN(CCCN)CC1. The minimum atomic E-state index is 0.823. The molecular weight excluding hydrogens is 224 g/mol. The van der Waals surface area contributed by atoms with Crippen LogP contribution in [0, 0.1) is 0 Å². The van der Waals surface area contributed by atoms with E-state index in [0.717, 1.165) is 13.0 Å². The largest absolute Gasteiger partial charge is 0.330 e. The van der Waals surface area contributed by atoms with Crippen LogP contribution < -0.4 is 5.73 Å². The molecule has 1 heterocycles. The van der Waals surface area contributed by atoms with Gasteiger partial charge in [0.15, 0.2) is 0 Å². The molecule has 0 saturated carbocycles. The highest BCUT2D eigenvalue weighted by atomic mass is 15.3. The third-order valence-electron chi connectivity index (χ3n) is 3.99. The average Bonchev–Trinajstić information content (AvgIpc) is 2.42. The molecular formula is C14H32N4. The summed E-state index contributed by atoms with van der Waals surface area (Å²) >= 11 is 0. The van der Waals surface area contributed by atoms with E-state index >= 15 is 0 Å². The van der Waals surface area contributed by atoms with Crippen molar-refractivity contribution in [3.05, 3.63) is 0 Å². The number of nitrogens with zero attached hydrogens (tertiary/aromatic N) is 3. The van der Waals surface area contributed by atoms with Crippen LogP contribution >= 0.6 is 0 Å². The number of nitrogens with two attached hydrogens (primary N) is 1. The van der Waals surface area contributed by atoms with Crippen LogP contribution in [0.4, 0.5) is 0 Å². The van der Waals surface area contributed by atoms with E-state index in [1.54, 1.807) is 0 Å². The maximum atomic E-state index is 5.55. The van der Waals surface area contributed by atoms with Crippen LogP contribution in [0.25, 0.3) is 0 Å². The normalized spacial score (nSPS) is 18.7. The molecule has 0 radical (unpaired) electrons. The van der Waals surface area contributed by atoms with Crippen LogP contribution in [0.2, 0.25) is 0 Å². The van der Waals surface area contributed by atoms with Crippen molar-refractivity contribution in [2.75, 3.05) is 65.4 Å². The third kappa shape index (κ3) is 6.14. The summed E-state index contributed by atoms with van der Waals surface area (Å²) in [4.78, 5) is 7.67. The highest BCUT2D eigenvalue weighted by molar-refractivity contribution is 4.72. The van der Waals surface area contributed by atoms with Crippen LogP contribution in [-0.2, 0) is 0 Å². The molecule has 1 fully saturated rings. The standard InChI is InChI=1S/C14H32N4/c1-3-16(4-2)9-6-10-18-13-11-17(12-14-18)8-5-7-15/h3-15H2,1-2H3. The molecule has 18 heavy (non-hydrogen) atoms. The molecule has 0 unspecified atom stereocenters. The van der Waals surface area contributed by atoms with Gasteiger partial charge in [0, 0.05) is 26.2 Å². The molecule has 0 spiro atoms. The second-order valence-corrected chi connectivity index (χ2v) is 5.21. The number of rotatable bonds is 9. The van der Waals surface area contributed by atoms with Crippen LogP contribution in [0.1, 0.15) is 26.7 Å². The zero-order chi connectivity index (χ0) is 13.2. The van der Waals surface area contributed by atoms with Gasteiger partial charge < -0.3 is 20.4 Å². The van der Waals surface area contributed by atoms with Gasteiger partial charge >= 0.3 is 0 Å². The molecule has 108 valence electrons. The van der Waals surface area contributed by atoms with Crippen molar-refractivity contribution in [1.82, 2.24) is 14.7 Å². The molecule has 0 aromatic carbocycles. The Bertz CT molecular complexity index is 186. The fourth-order valence-electron chi connectivity index (χ4n) is 2.61. The van der Waals surface area contributed by atoms with Gasteiger partial charge in [-0.2, -0.15) is 0 Å². The minimum absolute atomic E-state index is 0.823. The van der Waals surface area contributed by atoms with Crippen LogP contribution in [0.3, 0.4) is 0 Å². The zero-order valence-corrected chi connectivity index (χ0v) is 12.4. The van der Waals surface area contributed by atoms with Gasteiger partial charge in [0.25, 0.3) is 0 Å². The fraction of sp³-hybridized carbons (Fsp3) is 1.00. The quantitative estimate of drug-likeness (QED) is 0.658. The Hall–Kier alpha value is -0.160. The molecule has 0 atom stereocenters. The lowest BCUT2D eigenvalue weighted by Crippen LogP contribution is -2.47. The van der Waals surface area contributed by atoms with E-state index in [9.17, 15) is 0 Å². The molecule has 2 N–H and O–H groups in total. The van der Waals surface area contributed by atoms with Crippen molar-refractivity contribution in [2.45, 2.75) is 26.7 Å². The van der Waals surface area contributed by atoms with E-state index in [1.165, 1.54) is 65.3 Å². The second kappa shape index (κ2) is 9.73. The zero-order valence-electron chi connectivity index (χ0n) is 12.4. The summed E-state index contributed by atoms with van der Waals surface area (Å²) in [5.74, 6) is 0. The summed E-state index contributed by atoms with van der Waals surface area (Å²) in [5, 5.41) is 0. The summed E-state index contributed by atoms with van der Waals surface area (Å²) < 4.78 is 0. The summed E-state index contributed by atoms with van der Waals surface area (Å²) in [7, 11) is 0. The molecule has 1 saturated heterocycles. The molecule has 1 rings (SSSR count). The molecule has 1 aliphatic heterocycles. The lowest BCUT2D eigenvalue weighted by atomic mass is 10.2. The van der Waals surface area contributed by atoms with Gasteiger partial charge in [0.2, 0.25) is 0 Å². The maximum Gasteiger partial charge on any atom is 0.0110 e. The Balaban J connectivity index is 2.05. The number of piperazine rings is 1. The summed E-state index contributed by atoms with van der Waals surface area (Å²) in [6, 6.07) is 0. The molecule has 0 bridgehead atoms. The third-order valence-corrected chi connectivity index (χ3v) is 3.99. The van der Waals surface area contributed by atoms with Crippen molar-refractivity contribution in [2.24, 2.45) is 5.73 Å². The van der Waals surface area contributed by atoms with Crippen LogP contribution in [0.15, 0.2) is 0 Å². The lowest BCUT2D eigenvalue weighted by molar-refractivity contribution is 0.127. The topological polar surface area (TPSA) is 35.7 Å². The van der Waals surface area contributed by atoms with Crippen molar-refractivity contribution in [3.8, 4) is 0 Å². The fourth-order valence-corrected chi connectivity index (χ4v) is 2.61. The van der Waals surface area contributed by atoms with Gasteiger partial charge in [0.05, 0.1) is 0 Å². The first kappa shape index (κ1) is 15.9. The van der Waals surface area contributed by atoms with E-state index in [2.05, 4.69) is 28.5 Å². The van der Waals surface area contributed by atoms with Crippen LogP contribution in [-0.4, -0.2) is 80.1 Å². The smallest absolute Gasteiger partial charge is 0.0110 e. The molecule has 4 heteroatoms. The predicted molar refractivity (Wildman–Crippen MR) is 79.0 cm³/mol. The first-order valence-electron chi connectivity index (χ1n) is 7.67. The number of hydrogen-bond donors (Lipinski definition) is 1. The average molecular weight is 256 g/mol. The second-order valence-electron chi connectivity index (χ2n) is 5.21. The highest BCUT2D eigenvalue weighted by Crippen LogP contribution is 2.03. The monoisotopic (exact) mass is 256 g/mol. The molecule has 0 aliphatic carbocycles. The first-order chi connectivity index (χ1) is 8.80. The Labute approximate surface area is 113 Å². The maximum absolute atomic E-state index is 5.55. The lowest BCUT2D eigenvalue weighted by Gasteiger charge is -2.35. The van der Waals surface area contributed by atoms with E-state index in [0.29, 0.717) is 0 Å². The molecule has 0 amide bonds. The Kier molecular flexibility index (Phi) is 8.59. The van der Waals surface area contributed by atoms with E-state index in [-0.39, 0.29) is 0 Å².